The van der Waals surface area contributed by atoms with Gasteiger partial charge >= 0.3 is 0 Å². The summed E-state index contributed by atoms with van der Waals surface area (Å²) in [6.07, 6.45) is 4.83. The van der Waals surface area contributed by atoms with E-state index in [0.29, 0.717) is 27.5 Å². The molecule has 0 bridgehead atoms. The van der Waals surface area contributed by atoms with Crippen molar-refractivity contribution in [1.82, 2.24) is 9.78 Å². The normalized spacial score (nSPS) is 17.4. The first-order chi connectivity index (χ1) is 11.0. The van der Waals surface area contributed by atoms with Crippen molar-refractivity contribution >= 4 is 11.6 Å². The van der Waals surface area contributed by atoms with Gasteiger partial charge < -0.3 is 5.11 Å². The topological polar surface area (TPSA) is 38.0 Å². The lowest BCUT2D eigenvalue weighted by molar-refractivity contribution is 0.0782. The second-order valence-corrected chi connectivity index (χ2v) is 6.82. The van der Waals surface area contributed by atoms with Crippen molar-refractivity contribution in [2.75, 3.05) is 0 Å². The second kappa shape index (κ2) is 6.62. The van der Waals surface area contributed by atoms with E-state index < -0.39 is 6.10 Å². The van der Waals surface area contributed by atoms with E-state index in [0.717, 1.165) is 25.7 Å². The van der Waals surface area contributed by atoms with Crippen LogP contribution in [0.3, 0.4) is 0 Å². The number of aryl methyl sites for hydroxylation is 2. The molecule has 23 heavy (non-hydrogen) atoms. The van der Waals surface area contributed by atoms with Gasteiger partial charge in [0.15, 0.2) is 0 Å². The van der Waals surface area contributed by atoms with Crippen molar-refractivity contribution in [3.63, 3.8) is 0 Å². The predicted octanol–water partition coefficient (Wildman–Crippen LogP) is 4.80. The molecule has 1 fully saturated rings. The number of benzene rings is 1. The molecule has 0 saturated heterocycles. The SMILES string of the molecule is Cc1nn(C)c(C(O)C2CCCCC2)c1-c1c(F)cccc1Cl. The van der Waals surface area contributed by atoms with Crippen LogP contribution in [0.5, 0.6) is 0 Å². The van der Waals surface area contributed by atoms with Crippen LogP contribution in [-0.2, 0) is 7.05 Å². The summed E-state index contributed by atoms with van der Waals surface area (Å²) >= 11 is 6.25. The largest absolute Gasteiger partial charge is 0.387 e. The van der Waals surface area contributed by atoms with E-state index in [1.54, 1.807) is 23.9 Å². The van der Waals surface area contributed by atoms with Crippen LogP contribution in [0.15, 0.2) is 18.2 Å². The molecule has 1 unspecified atom stereocenters. The van der Waals surface area contributed by atoms with E-state index in [1.165, 1.54) is 12.5 Å². The van der Waals surface area contributed by atoms with E-state index in [2.05, 4.69) is 5.10 Å². The molecule has 1 aromatic heterocycles. The van der Waals surface area contributed by atoms with Crippen LogP contribution in [0.2, 0.25) is 5.02 Å². The molecule has 1 aromatic carbocycles. The van der Waals surface area contributed by atoms with Crippen molar-refractivity contribution in [2.45, 2.75) is 45.1 Å². The second-order valence-electron chi connectivity index (χ2n) is 6.41. The predicted molar refractivity (Wildman–Crippen MR) is 89.9 cm³/mol. The van der Waals surface area contributed by atoms with E-state index >= 15 is 0 Å². The Labute approximate surface area is 141 Å². The first-order valence-corrected chi connectivity index (χ1v) is 8.54. The summed E-state index contributed by atoms with van der Waals surface area (Å²) in [5.74, 6) is -0.187. The van der Waals surface area contributed by atoms with Crippen LogP contribution in [0.1, 0.15) is 49.6 Å². The molecule has 3 rings (SSSR count). The van der Waals surface area contributed by atoms with Crippen LogP contribution in [0, 0.1) is 18.7 Å². The summed E-state index contributed by atoms with van der Waals surface area (Å²) in [4.78, 5) is 0. The monoisotopic (exact) mass is 336 g/mol. The third-order valence-electron chi connectivity index (χ3n) is 4.86. The third-order valence-corrected chi connectivity index (χ3v) is 5.17. The van der Waals surface area contributed by atoms with Crippen LogP contribution >= 0.6 is 11.6 Å². The summed E-state index contributed by atoms with van der Waals surface area (Å²) in [6, 6.07) is 4.65. The Kier molecular flexibility index (Phi) is 4.74. The highest BCUT2D eigenvalue weighted by Crippen LogP contribution is 2.42. The molecule has 0 spiro atoms. The van der Waals surface area contributed by atoms with Gasteiger partial charge in [-0.1, -0.05) is 36.9 Å². The van der Waals surface area contributed by atoms with Gasteiger partial charge in [-0.3, -0.25) is 4.68 Å². The summed E-state index contributed by atoms with van der Waals surface area (Å²) in [7, 11) is 1.80. The molecule has 0 radical (unpaired) electrons. The Balaban J connectivity index is 2.11. The average molecular weight is 337 g/mol. The molecule has 0 aliphatic heterocycles. The minimum atomic E-state index is -0.646. The van der Waals surface area contributed by atoms with Gasteiger partial charge in [-0.05, 0) is 37.8 Å². The Morgan fingerprint density at radius 3 is 2.61 bits per heavy atom. The van der Waals surface area contributed by atoms with E-state index in [-0.39, 0.29) is 11.7 Å². The number of hydrogen-bond acceptors (Lipinski definition) is 2. The Morgan fingerprint density at radius 2 is 1.96 bits per heavy atom. The van der Waals surface area contributed by atoms with Crippen molar-refractivity contribution in [2.24, 2.45) is 13.0 Å². The standard InChI is InChI=1S/C18H22ClFN2O/c1-11-15(16-13(19)9-6-10-14(16)20)17(22(2)21-11)18(23)12-7-4-3-5-8-12/h6,9-10,12,18,23H,3-5,7-8H2,1-2H3. The molecule has 2 aromatic rings. The molecule has 0 amide bonds. The van der Waals surface area contributed by atoms with Crippen LogP contribution < -0.4 is 0 Å². The van der Waals surface area contributed by atoms with Crippen molar-refractivity contribution in [3.05, 3.63) is 40.4 Å². The minimum Gasteiger partial charge on any atom is -0.387 e. The van der Waals surface area contributed by atoms with Crippen molar-refractivity contribution < 1.29 is 9.50 Å². The minimum absolute atomic E-state index is 0.197. The zero-order valence-electron chi connectivity index (χ0n) is 13.5. The molecule has 1 N–H and O–H groups in total. The van der Waals surface area contributed by atoms with Crippen molar-refractivity contribution in [1.29, 1.82) is 0 Å². The summed E-state index contributed by atoms with van der Waals surface area (Å²) in [5.41, 5.74) is 2.32. The first-order valence-electron chi connectivity index (χ1n) is 8.16. The van der Waals surface area contributed by atoms with Gasteiger partial charge in [-0.25, -0.2) is 4.39 Å². The van der Waals surface area contributed by atoms with Crippen molar-refractivity contribution in [3.8, 4) is 11.1 Å². The van der Waals surface area contributed by atoms with E-state index in [9.17, 15) is 9.50 Å². The Hall–Kier alpha value is -1.39. The van der Waals surface area contributed by atoms with Gasteiger partial charge in [0.25, 0.3) is 0 Å². The number of rotatable bonds is 3. The van der Waals surface area contributed by atoms with Gasteiger partial charge in [0.05, 0.1) is 22.5 Å². The number of aliphatic hydroxyl groups is 1. The molecule has 1 heterocycles. The van der Waals surface area contributed by atoms with E-state index in [1.807, 2.05) is 6.92 Å². The molecule has 1 aliphatic rings. The van der Waals surface area contributed by atoms with Gasteiger partial charge in [0.1, 0.15) is 5.82 Å². The molecular formula is C18H22ClFN2O. The first kappa shape index (κ1) is 16.5. The lowest BCUT2D eigenvalue weighted by atomic mass is 9.82. The molecule has 3 nitrogen and oxygen atoms in total. The van der Waals surface area contributed by atoms with E-state index in [4.69, 9.17) is 11.6 Å². The van der Waals surface area contributed by atoms with Crippen LogP contribution in [0.25, 0.3) is 11.1 Å². The fourth-order valence-electron chi connectivity index (χ4n) is 3.73. The van der Waals surface area contributed by atoms with Gasteiger partial charge in [0, 0.05) is 18.2 Å². The zero-order chi connectivity index (χ0) is 16.6. The molecular weight excluding hydrogens is 315 g/mol. The zero-order valence-corrected chi connectivity index (χ0v) is 14.3. The number of halogens is 2. The molecule has 124 valence electrons. The summed E-state index contributed by atoms with van der Waals surface area (Å²) < 4.78 is 16.1. The van der Waals surface area contributed by atoms with Crippen LogP contribution in [-0.4, -0.2) is 14.9 Å². The quantitative estimate of drug-likeness (QED) is 0.874. The summed E-state index contributed by atoms with van der Waals surface area (Å²) in [6.45, 7) is 1.83. The maximum absolute atomic E-state index is 14.4. The molecule has 1 saturated carbocycles. The fraction of sp³-hybridized carbons (Fsp3) is 0.500. The maximum atomic E-state index is 14.4. The number of aromatic nitrogens is 2. The average Bonchev–Trinajstić information content (AvgIpc) is 2.82. The summed E-state index contributed by atoms with van der Waals surface area (Å²) in [5, 5.41) is 15.7. The third kappa shape index (κ3) is 3.02. The highest BCUT2D eigenvalue weighted by atomic mass is 35.5. The lowest BCUT2D eigenvalue weighted by Gasteiger charge is -2.27. The fourth-order valence-corrected chi connectivity index (χ4v) is 3.99. The smallest absolute Gasteiger partial charge is 0.132 e. The Morgan fingerprint density at radius 1 is 1.26 bits per heavy atom. The highest BCUT2D eigenvalue weighted by Gasteiger charge is 2.30. The molecule has 1 aliphatic carbocycles. The number of nitrogens with zero attached hydrogens (tertiary/aromatic N) is 2. The van der Waals surface area contributed by atoms with Gasteiger partial charge in [-0.2, -0.15) is 5.10 Å². The number of hydrogen-bond donors (Lipinski definition) is 1. The van der Waals surface area contributed by atoms with Gasteiger partial charge in [0.2, 0.25) is 0 Å². The maximum Gasteiger partial charge on any atom is 0.132 e. The Bertz CT molecular complexity index is 687. The molecule has 5 heteroatoms. The van der Waals surface area contributed by atoms with Crippen LogP contribution in [0.4, 0.5) is 4.39 Å². The number of aliphatic hydroxyl groups excluding tert-OH is 1. The molecule has 1 atom stereocenters. The lowest BCUT2D eigenvalue weighted by Crippen LogP contribution is -2.19. The highest BCUT2D eigenvalue weighted by molar-refractivity contribution is 6.33. The van der Waals surface area contributed by atoms with Gasteiger partial charge in [-0.15, -0.1) is 0 Å².